The monoisotopic (exact) mass is 231 g/mol. The summed E-state index contributed by atoms with van der Waals surface area (Å²) in [5, 5.41) is 17.4. The largest absolute Gasteiger partial charge is 1.00 e. The fourth-order valence-electron chi connectivity index (χ4n) is 1.12. The van der Waals surface area contributed by atoms with Gasteiger partial charge >= 0.3 is 18.9 Å². The van der Waals surface area contributed by atoms with Gasteiger partial charge in [-0.05, 0) is 12.1 Å². The maximum atomic E-state index is 13.2. The van der Waals surface area contributed by atoms with Gasteiger partial charge in [0.15, 0.2) is 5.82 Å². The van der Waals surface area contributed by atoms with Gasteiger partial charge in [-0.2, -0.15) is 5.10 Å². The molecule has 0 bridgehead atoms. The normalized spacial score (nSPS) is 9.76. The van der Waals surface area contributed by atoms with Crippen molar-refractivity contribution < 1.29 is 37.5 Å². The Hall–Kier alpha value is -1.71. The Labute approximate surface area is 106 Å². The van der Waals surface area contributed by atoms with Crippen LogP contribution in [0.1, 0.15) is 10.5 Å². The molecule has 2 rings (SSSR count). The molecule has 0 saturated heterocycles. The number of aromatic carboxylic acids is 1. The van der Waals surface area contributed by atoms with Crippen LogP contribution < -0.4 is 24.0 Å². The summed E-state index contributed by atoms with van der Waals surface area (Å²) in [4.78, 5) is 11.2. The van der Waals surface area contributed by atoms with Gasteiger partial charge in [0, 0.05) is 6.07 Å². The van der Waals surface area contributed by atoms with Gasteiger partial charge < -0.3 is 9.90 Å². The first kappa shape index (κ1) is 13.4. The number of hydrogen-bond acceptors (Lipinski definition) is 4. The van der Waals surface area contributed by atoms with Crippen molar-refractivity contribution in [1.29, 1.82) is 0 Å². The average molecular weight is 231 g/mol. The van der Waals surface area contributed by atoms with Gasteiger partial charge in [-0.15, -0.1) is 9.90 Å². The van der Waals surface area contributed by atoms with Gasteiger partial charge in [0.05, 0.1) is 12.2 Å². The minimum atomic E-state index is -1.52. The van der Waals surface area contributed by atoms with Crippen LogP contribution in [-0.4, -0.2) is 21.0 Å². The van der Waals surface area contributed by atoms with Gasteiger partial charge in [-0.25, -0.2) is 8.78 Å². The second kappa shape index (κ2) is 5.08. The Morgan fingerprint density at radius 3 is 2.59 bits per heavy atom. The Morgan fingerprint density at radius 1 is 1.35 bits per heavy atom. The molecule has 0 fully saturated rings. The van der Waals surface area contributed by atoms with Crippen LogP contribution in [0, 0.1) is 11.6 Å². The number of carbonyl (C=O) groups excluding carboxylic acids is 1. The molecule has 0 saturated carbocycles. The minimum Gasteiger partial charge on any atom is -0.543 e. The molecule has 17 heavy (non-hydrogen) atoms. The molecule has 8 heteroatoms. The summed E-state index contributed by atoms with van der Waals surface area (Å²) in [6.07, 6.45) is 0.915. The molecule has 1 aromatic carbocycles. The second-order valence-electron chi connectivity index (χ2n) is 2.90. The maximum absolute atomic E-state index is 13.2. The molecule has 1 aromatic heterocycles. The smallest absolute Gasteiger partial charge is 0.543 e. The maximum Gasteiger partial charge on any atom is 1.00 e. The van der Waals surface area contributed by atoms with Crippen molar-refractivity contribution in [2.45, 2.75) is 0 Å². The van der Waals surface area contributed by atoms with Gasteiger partial charge in [0.1, 0.15) is 17.2 Å². The van der Waals surface area contributed by atoms with Crippen molar-refractivity contribution in [1.82, 2.24) is 15.0 Å². The molecule has 0 aliphatic rings. The number of carboxylic acids is 1. The molecule has 0 aliphatic heterocycles. The van der Waals surface area contributed by atoms with E-state index in [0.29, 0.717) is 6.07 Å². The molecular formula is C9H4F2LiN3O2. The SMILES string of the molecule is O=C([O-])c1cnn(-c2ccc(F)cc2F)n1.[Li+]. The molecule has 5 nitrogen and oxygen atoms in total. The first-order chi connectivity index (χ1) is 7.58. The zero-order valence-electron chi connectivity index (χ0n) is 8.72. The summed E-state index contributed by atoms with van der Waals surface area (Å²) >= 11 is 0. The number of carbonyl (C=O) groups is 1. The Bertz CT molecular complexity index is 559. The Kier molecular flexibility index (Phi) is 3.99. The van der Waals surface area contributed by atoms with E-state index in [1.165, 1.54) is 0 Å². The number of aromatic nitrogens is 3. The van der Waals surface area contributed by atoms with Crippen LogP contribution in [0.25, 0.3) is 5.69 Å². The number of benzene rings is 1. The van der Waals surface area contributed by atoms with Crippen LogP contribution in [0.15, 0.2) is 24.4 Å². The Balaban J connectivity index is 0.00000144. The zero-order valence-corrected chi connectivity index (χ0v) is 8.72. The third kappa shape index (κ3) is 2.70. The number of nitrogens with zero attached hydrogens (tertiary/aromatic N) is 3. The molecule has 0 radical (unpaired) electrons. The van der Waals surface area contributed by atoms with Crippen LogP contribution in [-0.2, 0) is 0 Å². The third-order valence-electron chi connectivity index (χ3n) is 1.83. The van der Waals surface area contributed by atoms with Crippen molar-refractivity contribution in [2.24, 2.45) is 0 Å². The van der Waals surface area contributed by atoms with Crippen molar-refractivity contribution >= 4 is 5.97 Å². The number of carboxylic acid groups (broad SMARTS) is 1. The number of rotatable bonds is 2. The van der Waals surface area contributed by atoms with Gasteiger partial charge in [0.2, 0.25) is 0 Å². The van der Waals surface area contributed by atoms with Crippen LogP contribution in [0.3, 0.4) is 0 Å². The predicted molar refractivity (Wildman–Crippen MR) is 45.6 cm³/mol. The topological polar surface area (TPSA) is 70.8 Å². The molecule has 82 valence electrons. The second-order valence-corrected chi connectivity index (χ2v) is 2.90. The van der Waals surface area contributed by atoms with E-state index in [9.17, 15) is 18.7 Å². The fourth-order valence-corrected chi connectivity index (χ4v) is 1.12. The molecule has 0 atom stereocenters. The third-order valence-corrected chi connectivity index (χ3v) is 1.83. The molecule has 0 spiro atoms. The van der Waals surface area contributed by atoms with Crippen LogP contribution in [0.4, 0.5) is 8.78 Å². The van der Waals surface area contributed by atoms with E-state index < -0.39 is 23.3 Å². The standard InChI is InChI=1S/C9H5F2N3O2.Li/c10-5-1-2-8(6(11)3-5)14-12-4-7(13-14)9(15)16;/h1-4H,(H,15,16);/q;+1/p-1. The molecular weight excluding hydrogens is 227 g/mol. The van der Waals surface area contributed by atoms with E-state index >= 15 is 0 Å². The van der Waals surface area contributed by atoms with Crippen LogP contribution >= 0.6 is 0 Å². The molecule has 0 amide bonds. The molecule has 0 unspecified atom stereocenters. The van der Waals surface area contributed by atoms with Crippen molar-refractivity contribution in [3.63, 3.8) is 0 Å². The molecule has 1 heterocycles. The summed E-state index contributed by atoms with van der Waals surface area (Å²) < 4.78 is 25.8. The van der Waals surface area contributed by atoms with E-state index in [0.717, 1.165) is 23.1 Å². The number of hydrogen-bond donors (Lipinski definition) is 0. The summed E-state index contributed by atoms with van der Waals surface area (Å²) in [6.45, 7) is 0. The first-order valence-corrected chi connectivity index (χ1v) is 4.17. The number of halogens is 2. The van der Waals surface area contributed by atoms with E-state index in [1.54, 1.807) is 0 Å². The van der Waals surface area contributed by atoms with E-state index in [2.05, 4.69) is 10.2 Å². The molecule has 2 aromatic rings. The van der Waals surface area contributed by atoms with Gasteiger partial charge in [-0.1, -0.05) is 0 Å². The summed E-state index contributed by atoms with van der Waals surface area (Å²) in [5.74, 6) is -3.15. The first-order valence-electron chi connectivity index (χ1n) is 4.17. The molecule has 0 N–H and O–H groups in total. The van der Waals surface area contributed by atoms with Crippen LogP contribution in [0.5, 0.6) is 0 Å². The Morgan fingerprint density at radius 2 is 2.06 bits per heavy atom. The summed E-state index contributed by atoms with van der Waals surface area (Å²) in [6, 6.07) is 2.77. The van der Waals surface area contributed by atoms with Gasteiger partial charge in [-0.3, -0.25) is 0 Å². The van der Waals surface area contributed by atoms with Crippen molar-refractivity contribution in [3.8, 4) is 5.69 Å². The summed E-state index contributed by atoms with van der Waals surface area (Å²) in [5.41, 5.74) is -0.572. The molecule has 0 aliphatic carbocycles. The van der Waals surface area contributed by atoms with Crippen molar-refractivity contribution in [3.05, 3.63) is 41.7 Å². The quantitative estimate of drug-likeness (QED) is 0.514. The fraction of sp³-hybridized carbons (Fsp3) is 0. The average Bonchev–Trinajstić information content (AvgIpc) is 2.66. The van der Waals surface area contributed by atoms with Crippen molar-refractivity contribution in [2.75, 3.05) is 0 Å². The van der Waals surface area contributed by atoms with E-state index in [4.69, 9.17) is 0 Å². The predicted octanol–water partition coefficient (Wildman–Crippen LogP) is -3.09. The minimum absolute atomic E-state index is 0. The van der Waals surface area contributed by atoms with E-state index in [1.807, 2.05) is 0 Å². The summed E-state index contributed by atoms with van der Waals surface area (Å²) in [7, 11) is 0. The van der Waals surface area contributed by atoms with Gasteiger partial charge in [0.25, 0.3) is 0 Å². The van der Waals surface area contributed by atoms with E-state index in [-0.39, 0.29) is 24.5 Å². The van der Waals surface area contributed by atoms with Crippen LogP contribution in [0.2, 0.25) is 0 Å². The zero-order chi connectivity index (χ0) is 11.7.